The topological polar surface area (TPSA) is 93.9 Å². The lowest BCUT2D eigenvalue weighted by Gasteiger charge is -2.24. The van der Waals surface area contributed by atoms with Crippen molar-refractivity contribution in [2.24, 2.45) is 0 Å². The van der Waals surface area contributed by atoms with Gasteiger partial charge in [0.15, 0.2) is 11.6 Å². The van der Waals surface area contributed by atoms with Crippen LogP contribution in [0.3, 0.4) is 0 Å². The van der Waals surface area contributed by atoms with Gasteiger partial charge in [-0.1, -0.05) is 24.8 Å². The van der Waals surface area contributed by atoms with Crippen LogP contribution in [0.15, 0.2) is 48.7 Å². The number of anilines is 3. The fraction of sp³-hybridized carbons (Fsp3) is 0.263. The van der Waals surface area contributed by atoms with Crippen LogP contribution in [0.25, 0.3) is 0 Å². The Morgan fingerprint density at radius 3 is 2.93 bits per heavy atom. The van der Waals surface area contributed by atoms with E-state index in [9.17, 15) is 9.18 Å². The monoisotopic (exact) mass is 366 g/mol. The molecule has 1 unspecified atom stereocenters. The van der Waals surface area contributed by atoms with Gasteiger partial charge in [-0.2, -0.15) is 10.2 Å². The van der Waals surface area contributed by atoms with Crippen LogP contribution in [-0.4, -0.2) is 39.9 Å². The number of carbonyl (C=O) groups is 1. The molecule has 1 aliphatic rings. The molecule has 2 N–H and O–H groups in total. The highest BCUT2D eigenvalue weighted by molar-refractivity contribution is 5.96. The van der Waals surface area contributed by atoms with Crippen molar-refractivity contribution in [3.63, 3.8) is 0 Å². The van der Waals surface area contributed by atoms with Gasteiger partial charge in [-0.05, 0) is 25.0 Å². The Bertz CT molecular complexity index is 880. The van der Waals surface area contributed by atoms with Crippen molar-refractivity contribution in [1.82, 2.24) is 14.9 Å². The van der Waals surface area contributed by atoms with E-state index in [1.807, 2.05) is 30.3 Å². The van der Waals surface area contributed by atoms with Gasteiger partial charge < -0.3 is 15.5 Å². The molecule has 0 saturated carbocycles. The number of halogens is 1. The maximum atomic E-state index is 14.1. The lowest BCUT2D eigenvalue weighted by atomic mass is 10.2. The zero-order valence-electron chi connectivity index (χ0n) is 14.7. The number of nitrogens with zero attached hydrogens (tertiary/aromatic N) is 4. The number of aromatic nitrogens is 2. The maximum absolute atomic E-state index is 14.1. The molecule has 8 heteroatoms. The van der Waals surface area contributed by atoms with Crippen LogP contribution >= 0.6 is 0 Å². The third-order valence-corrected chi connectivity index (χ3v) is 4.31. The first-order valence-corrected chi connectivity index (χ1v) is 8.57. The van der Waals surface area contributed by atoms with E-state index in [0.717, 1.165) is 24.7 Å². The summed E-state index contributed by atoms with van der Waals surface area (Å²) >= 11 is 0. The zero-order chi connectivity index (χ0) is 19.2. The second-order valence-corrected chi connectivity index (χ2v) is 6.15. The summed E-state index contributed by atoms with van der Waals surface area (Å²) in [5, 5.41) is 14.8. The summed E-state index contributed by atoms with van der Waals surface area (Å²) in [6.45, 7) is 4.35. The normalized spacial score (nSPS) is 15.9. The lowest BCUT2D eigenvalue weighted by molar-refractivity contribution is -0.127. The molecule has 2 heterocycles. The van der Waals surface area contributed by atoms with E-state index in [1.54, 1.807) is 11.0 Å². The first-order chi connectivity index (χ1) is 13.1. The number of carbonyl (C=O) groups excluding carboxylic acids is 1. The van der Waals surface area contributed by atoms with Gasteiger partial charge >= 0.3 is 0 Å². The third-order valence-electron chi connectivity index (χ3n) is 4.31. The minimum absolute atomic E-state index is 0.0573. The largest absolute Gasteiger partial charge is 0.365 e. The molecule has 0 radical (unpaired) electrons. The molecule has 1 saturated heterocycles. The van der Waals surface area contributed by atoms with E-state index < -0.39 is 5.82 Å². The van der Waals surface area contributed by atoms with E-state index in [2.05, 4.69) is 27.2 Å². The number of hydrogen-bond donors (Lipinski definition) is 2. The van der Waals surface area contributed by atoms with Gasteiger partial charge in [0.25, 0.3) is 5.91 Å². The Balaban J connectivity index is 1.67. The molecule has 1 amide bonds. The number of benzene rings is 1. The van der Waals surface area contributed by atoms with Crippen LogP contribution in [-0.2, 0) is 4.79 Å². The molecular weight excluding hydrogens is 347 g/mol. The Morgan fingerprint density at radius 1 is 1.41 bits per heavy atom. The molecule has 138 valence electrons. The standard InChI is InChI=1S/C19H19FN6O/c1-13(10-21)18(27)26-9-5-8-15(26)11-22-17-16(20)12-23-19(25-17)24-14-6-3-2-4-7-14/h2-4,6-7,12,15H,1,5,8-9,11H2,(H2,22,23,24,25). The van der Waals surface area contributed by atoms with Crippen LogP contribution in [0.4, 0.5) is 21.8 Å². The van der Waals surface area contributed by atoms with Gasteiger partial charge in [0.1, 0.15) is 11.6 Å². The van der Waals surface area contributed by atoms with Crippen molar-refractivity contribution < 1.29 is 9.18 Å². The summed E-state index contributed by atoms with van der Waals surface area (Å²) in [4.78, 5) is 21.9. The molecule has 7 nitrogen and oxygen atoms in total. The number of amides is 1. The molecule has 1 aromatic heterocycles. The van der Waals surface area contributed by atoms with Gasteiger partial charge in [-0.25, -0.2) is 9.37 Å². The van der Waals surface area contributed by atoms with Crippen molar-refractivity contribution in [1.29, 1.82) is 5.26 Å². The highest BCUT2D eigenvalue weighted by Crippen LogP contribution is 2.21. The molecule has 0 spiro atoms. The Kier molecular flexibility index (Phi) is 5.61. The molecule has 1 fully saturated rings. The van der Waals surface area contributed by atoms with Crippen LogP contribution in [0.2, 0.25) is 0 Å². The van der Waals surface area contributed by atoms with Crippen LogP contribution in [0, 0.1) is 17.1 Å². The number of rotatable bonds is 6. The molecule has 1 aromatic carbocycles. The van der Waals surface area contributed by atoms with Crippen molar-refractivity contribution >= 4 is 23.4 Å². The third kappa shape index (κ3) is 4.39. The van der Waals surface area contributed by atoms with E-state index in [1.165, 1.54) is 0 Å². The summed E-state index contributed by atoms with van der Waals surface area (Å²) in [6.07, 6.45) is 2.68. The number of nitriles is 1. The summed E-state index contributed by atoms with van der Waals surface area (Å²) in [5.74, 6) is -0.633. The first-order valence-electron chi connectivity index (χ1n) is 8.57. The van der Waals surface area contributed by atoms with E-state index in [4.69, 9.17) is 5.26 Å². The summed E-state index contributed by atoms with van der Waals surface area (Å²) < 4.78 is 14.1. The van der Waals surface area contributed by atoms with Crippen LogP contribution < -0.4 is 10.6 Å². The van der Waals surface area contributed by atoms with Crippen LogP contribution in [0.1, 0.15) is 12.8 Å². The predicted molar refractivity (Wildman–Crippen MR) is 99.7 cm³/mol. The summed E-state index contributed by atoms with van der Waals surface area (Å²) in [7, 11) is 0. The highest BCUT2D eigenvalue weighted by atomic mass is 19.1. The number of hydrogen-bond acceptors (Lipinski definition) is 6. The van der Waals surface area contributed by atoms with Gasteiger partial charge in [0, 0.05) is 24.8 Å². The molecule has 0 bridgehead atoms. The second-order valence-electron chi connectivity index (χ2n) is 6.15. The lowest BCUT2D eigenvalue weighted by Crippen LogP contribution is -2.40. The average Bonchev–Trinajstić information content (AvgIpc) is 3.16. The van der Waals surface area contributed by atoms with Crippen molar-refractivity contribution in [3.8, 4) is 6.07 Å². The molecule has 27 heavy (non-hydrogen) atoms. The number of para-hydroxylation sites is 1. The Labute approximate surface area is 156 Å². The van der Waals surface area contributed by atoms with Crippen LogP contribution in [0.5, 0.6) is 0 Å². The molecule has 0 aliphatic carbocycles. The van der Waals surface area contributed by atoms with E-state index in [-0.39, 0.29) is 29.3 Å². The van der Waals surface area contributed by atoms with E-state index >= 15 is 0 Å². The Hall–Kier alpha value is -3.47. The van der Waals surface area contributed by atoms with Gasteiger partial charge in [0.2, 0.25) is 5.95 Å². The molecule has 3 rings (SSSR count). The second kappa shape index (κ2) is 8.27. The summed E-state index contributed by atoms with van der Waals surface area (Å²) in [5.41, 5.74) is 0.696. The number of likely N-dealkylation sites (tertiary alicyclic amines) is 1. The SMILES string of the molecule is C=C(C#N)C(=O)N1CCCC1CNc1nc(Nc2ccccc2)ncc1F. The molecule has 1 aliphatic heterocycles. The smallest absolute Gasteiger partial charge is 0.264 e. The highest BCUT2D eigenvalue weighted by Gasteiger charge is 2.30. The van der Waals surface area contributed by atoms with E-state index in [0.29, 0.717) is 13.1 Å². The molecular formula is C19H19FN6O. The molecule has 1 atom stereocenters. The van der Waals surface area contributed by atoms with Gasteiger partial charge in [0.05, 0.1) is 6.20 Å². The maximum Gasteiger partial charge on any atom is 0.264 e. The fourth-order valence-electron chi connectivity index (χ4n) is 2.95. The van der Waals surface area contributed by atoms with Gasteiger partial charge in [-0.3, -0.25) is 4.79 Å². The average molecular weight is 366 g/mol. The quantitative estimate of drug-likeness (QED) is 0.603. The summed E-state index contributed by atoms with van der Waals surface area (Å²) in [6, 6.07) is 11.0. The van der Waals surface area contributed by atoms with Crippen molar-refractivity contribution in [2.45, 2.75) is 18.9 Å². The minimum Gasteiger partial charge on any atom is -0.365 e. The number of nitrogens with one attached hydrogen (secondary N) is 2. The first kappa shape index (κ1) is 18.3. The molecule has 2 aromatic rings. The predicted octanol–water partition coefficient (Wildman–Crippen LogP) is 2.84. The Morgan fingerprint density at radius 2 is 2.19 bits per heavy atom. The fourth-order valence-corrected chi connectivity index (χ4v) is 2.95. The van der Waals surface area contributed by atoms with Crippen molar-refractivity contribution in [2.75, 3.05) is 23.7 Å². The van der Waals surface area contributed by atoms with Crippen molar-refractivity contribution in [3.05, 3.63) is 54.5 Å². The zero-order valence-corrected chi connectivity index (χ0v) is 14.7. The van der Waals surface area contributed by atoms with Gasteiger partial charge in [-0.15, -0.1) is 0 Å². The minimum atomic E-state index is -0.578.